The summed E-state index contributed by atoms with van der Waals surface area (Å²) in [7, 11) is 0. The number of nitrogens with one attached hydrogen (secondary N) is 3. The third-order valence-corrected chi connectivity index (χ3v) is 3.94. The number of aliphatic imine (C=N–C) groups is 1. The molecule has 1 saturated carbocycles. The van der Waals surface area contributed by atoms with Crippen LogP contribution in [0, 0.1) is 11.6 Å². The Morgan fingerprint density at radius 1 is 1.15 bits per heavy atom. The molecule has 0 radical (unpaired) electrons. The Hall–Kier alpha value is -3.29. The second-order valence-corrected chi connectivity index (χ2v) is 6.06. The number of benzene rings is 2. The average molecular weight is 355 g/mol. The maximum absolute atomic E-state index is 13.3. The van der Waals surface area contributed by atoms with Crippen LogP contribution >= 0.6 is 0 Å². The lowest BCUT2D eigenvalue weighted by Gasteiger charge is -2.10. The smallest absolute Gasteiger partial charge is 0.258 e. The van der Waals surface area contributed by atoms with Crippen molar-refractivity contribution < 1.29 is 13.6 Å². The van der Waals surface area contributed by atoms with Gasteiger partial charge in [-0.15, -0.1) is 0 Å². The van der Waals surface area contributed by atoms with Crippen molar-refractivity contribution in [3.8, 4) is 0 Å². The summed E-state index contributed by atoms with van der Waals surface area (Å²) in [6, 6.07) is 9.76. The molecule has 1 aromatic heterocycles. The molecule has 4 rings (SSSR count). The summed E-state index contributed by atoms with van der Waals surface area (Å²) in [6.07, 6.45) is 1.88. The first kappa shape index (κ1) is 16.2. The number of carbonyl (C=O) groups is 1. The number of hydrogen-bond acceptors (Lipinski definition) is 3. The molecule has 0 atom stereocenters. The lowest BCUT2D eigenvalue weighted by atomic mass is 10.2. The summed E-state index contributed by atoms with van der Waals surface area (Å²) in [5, 5.41) is 13.1. The highest BCUT2D eigenvalue weighted by Crippen LogP contribution is 2.25. The zero-order chi connectivity index (χ0) is 18.1. The third-order valence-electron chi connectivity index (χ3n) is 3.94. The number of nitrogens with zero attached hydrogens (tertiary/aromatic N) is 2. The number of H-pyrrole nitrogens is 1. The van der Waals surface area contributed by atoms with Gasteiger partial charge in [-0.1, -0.05) is 6.07 Å². The van der Waals surface area contributed by atoms with Crippen LogP contribution < -0.4 is 10.6 Å². The lowest BCUT2D eigenvalue weighted by Crippen LogP contribution is -2.36. The van der Waals surface area contributed by atoms with E-state index in [2.05, 4.69) is 25.8 Å². The average Bonchev–Trinajstić information content (AvgIpc) is 3.34. The van der Waals surface area contributed by atoms with Crippen molar-refractivity contribution in [2.45, 2.75) is 18.9 Å². The normalized spacial score (nSPS) is 14.5. The van der Waals surface area contributed by atoms with Crippen molar-refractivity contribution >= 4 is 28.6 Å². The van der Waals surface area contributed by atoms with E-state index in [1.807, 2.05) is 0 Å². The van der Waals surface area contributed by atoms with Gasteiger partial charge in [0.2, 0.25) is 5.96 Å². The molecule has 1 fully saturated rings. The van der Waals surface area contributed by atoms with Crippen LogP contribution in [-0.2, 0) is 0 Å². The molecule has 3 N–H and O–H groups in total. The number of aromatic amines is 1. The minimum Gasteiger partial charge on any atom is -0.309 e. The number of halogens is 2. The number of amides is 1. The van der Waals surface area contributed by atoms with Crippen LogP contribution in [0.4, 0.5) is 14.6 Å². The second-order valence-electron chi connectivity index (χ2n) is 6.06. The highest BCUT2D eigenvalue weighted by Gasteiger charge is 2.22. The van der Waals surface area contributed by atoms with E-state index in [1.165, 1.54) is 30.3 Å². The molecule has 3 aromatic rings. The molecule has 132 valence electrons. The molecular weight excluding hydrogens is 340 g/mol. The van der Waals surface area contributed by atoms with Gasteiger partial charge in [-0.3, -0.25) is 15.2 Å². The zero-order valence-electron chi connectivity index (χ0n) is 13.6. The fourth-order valence-electron chi connectivity index (χ4n) is 2.49. The van der Waals surface area contributed by atoms with E-state index < -0.39 is 11.7 Å². The van der Waals surface area contributed by atoms with Gasteiger partial charge in [-0.25, -0.2) is 13.8 Å². The highest BCUT2D eigenvalue weighted by atomic mass is 19.1. The molecule has 1 amide bonds. The van der Waals surface area contributed by atoms with Crippen LogP contribution in [0.15, 0.2) is 47.5 Å². The van der Waals surface area contributed by atoms with Crippen molar-refractivity contribution in [2.75, 3.05) is 5.32 Å². The van der Waals surface area contributed by atoms with Gasteiger partial charge < -0.3 is 5.32 Å². The van der Waals surface area contributed by atoms with Crippen LogP contribution in [0.2, 0.25) is 0 Å². The van der Waals surface area contributed by atoms with Crippen LogP contribution in [-0.4, -0.2) is 28.1 Å². The Morgan fingerprint density at radius 3 is 2.73 bits per heavy atom. The largest absolute Gasteiger partial charge is 0.309 e. The topological polar surface area (TPSA) is 82.2 Å². The fourth-order valence-corrected chi connectivity index (χ4v) is 2.49. The number of guanidine groups is 1. The predicted molar refractivity (Wildman–Crippen MR) is 94.0 cm³/mol. The van der Waals surface area contributed by atoms with Crippen LogP contribution in [0.1, 0.15) is 23.2 Å². The van der Waals surface area contributed by atoms with Crippen molar-refractivity contribution in [3.05, 3.63) is 59.7 Å². The molecule has 1 aliphatic carbocycles. The molecule has 6 nitrogen and oxygen atoms in total. The first-order valence-electron chi connectivity index (χ1n) is 8.14. The Morgan fingerprint density at radius 2 is 1.96 bits per heavy atom. The van der Waals surface area contributed by atoms with Crippen molar-refractivity contribution in [1.29, 1.82) is 0 Å². The third kappa shape index (κ3) is 3.53. The van der Waals surface area contributed by atoms with E-state index in [-0.39, 0.29) is 23.4 Å². The standard InChI is InChI=1S/C18H15F2N5O/c19-11-3-1-2-10(8-11)17(26)23-18(21-13-5-6-13)22-16-14-7-4-12(20)9-15(14)24-25-16/h1-4,7-9,13H,5-6H2,(H3,21,22,23,24,25,26). The van der Waals surface area contributed by atoms with Crippen LogP contribution in [0.3, 0.4) is 0 Å². The van der Waals surface area contributed by atoms with Gasteiger partial charge in [0.1, 0.15) is 11.6 Å². The first-order chi connectivity index (χ1) is 12.6. The van der Waals surface area contributed by atoms with E-state index in [1.54, 1.807) is 6.07 Å². The van der Waals surface area contributed by atoms with E-state index in [0.717, 1.165) is 18.9 Å². The molecule has 0 aliphatic heterocycles. The molecular formula is C18H15F2N5O. The van der Waals surface area contributed by atoms with Gasteiger partial charge in [0, 0.05) is 10.9 Å². The number of rotatable bonds is 3. The SMILES string of the molecule is O=C(NC(=NC1CC1)Nc1n[nH]c2cc(F)ccc12)c1cccc(F)c1. The molecule has 8 heteroatoms. The number of fused-ring (bicyclic) bond motifs is 1. The second kappa shape index (κ2) is 6.55. The van der Waals surface area contributed by atoms with Gasteiger partial charge in [-0.2, -0.15) is 5.10 Å². The Labute approximate surface area is 147 Å². The summed E-state index contributed by atoms with van der Waals surface area (Å²) in [4.78, 5) is 16.8. The Kier molecular flexibility index (Phi) is 4.08. The maximum Gasteiger partial charge on any atom is 0.258 e. The zero-order valence-corrected chi connectivity index (χ0v) is 13.6. The lowest BCUT2D eigenvalue weighted by molar-refractivity contribution is 0.0976. The van der Waals surface area contributed by atoms with Gasteiger partial charge in [0.25, 0.3) is 5.91 Å². The highest BCUT2D eigenvalue weighted by molar-refractivity contribution is 6.11. The molecule has 0 saturated heterocycles. The van der Waals surface area contributed by atoms with E-state index in [0.29, 0.717) is 16.7 Å². The summed E-state index contributed by atoms with van der Waals surface area (Å²) in [5.74, 6) is -0.716. The van der Waals surface area contributed by atoms with Crippen molar-refractivity contribution in [3.63, 3.8) is 0 Å². The number of aromatic nitrogens is 2. The molecule has 1 heterocycles. The molecule has 2 aromatic carbocycles. The quantitative estimate of drug-likeness (QED) is 0.498. The van der Waals surface area contributed by atoms with Crippen LogP contribution in [0.25, 0.3) is 10.9 Å². The summed E-state index contributed by atoms with van der Waals surface area (Å²) in [6.45, 7) is 0. The number of carbonyl (C=O) groups excluding carboxylic acids is 1. The van der Waals surface area contributed by atoms with Gasteiger partial charge >= 0.3 is 0 Å². The van der Waals surface area contributed by atoms with Crippen molar-refractivity contribution in [1.82, 2.24) is 15.5 Å². The summed E-state index contributed by atoms with van der Waals surface area (Å²) >= 11 is 0. The predicted octanol–water partition coefficient (Wildman–Crippen LogP) is 3.20. The van der Waals surface area contributed by atoms with Gasteiger partial charge in [0.05, 0.1) is 11.6 Å². The summed E-state index contributed by atoms with van der Waals surface area (Å²) < 4.78 is 26.6. The summed E-state index contributed by atoms with van der Waals surface area (Å²) in [5.41, 5.74) is 0.707. The minimum atomic E-state index is -0.494. The molecule has 26 heavy (non-hydrogen) atoms. The van der Waals surface area contributed by atoms with Gasteiger partial charge in [0.15, 0.2) is 5.82 Å². The Balaban J connectivity index is 1.58. The fraction of sp³-hybridized carbons (Fsp3) is 0.167. The first-order valence-corrected chi connectivity index (χ1v) is 8.14. The van der Waals surface area contributed by atoms with E-state index >= 15 is 0 Å². The number of anilines is 1. The molecule has 1 aliphatic rings. The molecule has 0 bridgehead atoms. The van der Waals surface area contributed by atoms with E-state index in [9.17, 15) is 13.6 Å². The monoisotopic (exact) mass is 355 g/mol. The maximum atomic E-state index is 13.3. The number of hydrogen-bond donors (Lipinski definition) is 3. The van der Waals surface area contributed by atoms with Gasteiger partial charge in [-0.05, 0) is 49.2 Å². The van der Waals surface area contributed by atoms with Crippen molar-refractivity contribution in [2.24, 2.45) is 4.99 Å². The molecule has 0 unspecified atom stereocenters. The Bertz CT molecular complexity index is 1010. The molecule has 0 spiro atoms. The van der Waals surface area contributed by atoms with E-state index in [4.69, 9.17) is 0 Å². The minimum absolute atomic E-state index is 0.132. The van der Waals surface area contributed by atoms with Crippen LogP contribution in [0.5, 0.6) is 0 Å².